The van der Waals surface area contributed by atoms with E-state index in [0.717, 1.165) is 24.8 Å². The molecule has 0 aromatic carbocycles. The number of aryl methyl sites for hydroxylation is 1. The monoisotopic (exact) mass is 236 g/mol. The van der Waals surface area contributed by atoms with Gasteiger partial charge in [0.05, 0.1) is 6.54 Å². The second-order valence-electron chi connectivity index (χ2n) is 5.20. The van der Waals surface area contributed by atoms with Crippen molar-refractivity contribution in [2.24, 2.45) is 13.0 Å². The lowest BCUT2D eigenvalue weighted by Crippen LogP contribution is -2.24. The molecular formula is C13H24N4. The Labute approximate surface area is 104 Å². The summed E-state index contributed by atoms with van der Waals surface area (Å²) < 4.78 is 1.98. The summed E-state index contributed by atoms with van der Waals surface area (Å²) in [6, 6.07) is 0. The van der Waals surface area contributed by atoms with Gasteiger partial charge >= 0.3 is 0 Å². The number of aromatic nitrogens is 3. The molecule has 1 aromatic heterocycles. The van der Waals surface area contributed by atoms with Crippen molar-refractivity contribution in [1.82, 2.24) is 20.1 Å². The standard InChI is InChI=1S/C13H24N4/c1-17-11-15-16-13(17)10-14-9-12-7-5-3-2-4-6-8-12/h11-12,14H,2-10H2,1H3. The van der Waals surface area contributed by atoms with Crippen LogP contribution in [-0.4, -0.2) is 21.3 Å². The zero-order valence-electron chi connectivity index (χ0n) is 10.9. The third kappa shape index (κ3) is 4.11. The lowest BCUT2D eigenvalue weighted by molar-refractivity contribution is 0.359. The van der Waals surface area contributed by atoms with Gasteiger partial charge in [0, 0.05) is 7.05 Å². The predicted octanol–water partition coefficient (Wildman–Crippen LogP) is 2.27. The normalized spacial score (nSPS) is 18.9. The Balaban J connectivity index is 1.68. The first kappa shape index (κ1) is 12.6. The summed E-state index contributed by atoms with van der Waals surface area (Å²) in [5.41, 5.74) is 0. The fraction of sp³-hybridized carbons (Fsp3) is 0.846. The average molecular weight is 236 g/mol. The molecule has 17 heavy (non-hydrogen) atoms. The minimum absolute atomic E-state index is 0.840. The van der Waals surface area contributed by atoms with Crippen LogP contribution in [0.2, 0.25) is 0 Å². The van der Waals surface area contributed by atoms with Gasteiger partial charge in [0.15, 0.2) is 0 Å². The summed E-state index contributed by atoms with van der Waals surface area (Å²) in [5.74, 6) is 1.89. The zero-order valence-corrected chi connectivity index (χ0v) is 10.9. The molecule has 0 saturated heterocycles. The lowest BCUT2D eigenvalue weighted by atomic mass is 9.91. The van der Waals surface area contributed by atoms with Gasteiger partial charge in [-0.05, 0) is 25.3 Å². The fourth-order valence-electron chi connectivity index (χ4n) is 2.60. The molecule has 0 bridgehead atoms. The first-order valence-corrected chi connectivity index (χ1v) is 6.90. The Morgan fingerprint density at radius 1 is 1.24 bits per heavy atom. The number of nitrogens with one attached hydrogen (secondary N) is 1. The second-order valence-corrected chi connectivity index (χ2v) is 5.20. The topological polar surface area (TPSA) is 42.7 Å². The lowest BCUT2D eigenvalue weighted by Gasteiger charge is -2.19. The van der Waals surface area contributed by atoms with Crippen molar-refractivity contribution in [3.63, 3.8) is 0 Å². The van der Waals surface area contributed by atoms with Gasteiger partial charge in [-0.3, -0.25) is 0 Å². The Morgan fingerprint density at radius 3 is 2.59 bits per heavy atom. The molecule has 1 N–H and O–H groups in total. The van der Waals surface area contributed by atoms with Crippen molar-refractivity contribution in [2.75, 3.05) is 6.54 Å². The van der Waals surface area contributed by atoms with Gasteiger partial charge in [-0.25, -0.2) is 0 Å². The minimum Gasteiger partial charge on any atom is -0.320 e. The summed E-state index contributed by atoms with van der Waals surface area (Å²) in [4.78, 5) is 0. The highest BCUT2D eigenvalue weighted by Gasteiger charge is 2.11. The van der Waals surface area contributed by atoms with E-state index in [2.05, 4.69) is 15.5 Å². The van der Waals surface area contributed by atoms with Gasteiger partial charge in [0.1, 0.15) is 12.2 Å². The number of hydrogen-bond donors (Lipinski definition) is 1. The molecule has 0 radical (unpaired) electrons. The Kier molecular flexibility index (Phi) is 4.98. The van der Waals surface area contributed by atoms with E-state index in [-0.39, 0.29) is 0 Å². The minimum atomic E-state index is 0.840. The molecule has 0 unspecified atom stereocenters. The van der Waals surface area contributed by atoms with Crippen LogP contribution in [0.4, 0.5) is 0 Å². The fourth-order valence-corrected chi connectivity index (χ4v) is 2.60. The molecule has 1 heterocycles. The van der Waals surface area contributed by atoms with E-state index in [4.69, 9.17) is 0 Å². The molecule has 2 rings (SSSR count). The highest BCUT2D eigenvalue weighted by atomic mass is 15.3. The third-order valence-corrected chi connectivity index (χ3v) is 3.75. The smallest absolute Gasteiger partial charge is 0.146 e. The molecule has 0 spiro atoms. The molecule has 0 amide bonds. The molecule has 1 saturated carbocycles. The summed E-state index contributed by atoms with van der Waals surface area (Å²) in [5, 5.41) is 11.5. The SMILES string of the molecule is Cn1cnnc1CNCC1CCCCCCC1. The van der Waals surface area contributed by atoms with Crippen molar-refractivity contribution < 1.29 is 0 Å². The second kappa shape index (κ2) is 6.74. The number of hydrogen-bond acceptors (Lipinski definition) is 3. The first-order valence-electron chi connectivity index (χ1n) is 6.90. The maximum atomic E-state index is 4.08. The van der Waals surface area contributed by atoms with Gasteiger partial charge in [-0.1, -0.05) is 32.1 Å². The molecule has 1 aliphatic rings. The highest BCUT2D eigenvalue weighted by molar-refractivity contribution is 4.83. The van der Waals surface area contributed by atoms with Crippen LogP contribution in [0.1, 0.15) is 50.8 Å². The van der Waals surface area contributed by atoms with Gasteiger partial charge in [0.25, 0.3) is 0 Å². The molecule has 1 fully saturated rings. The first-order chi connectivity index (χ1) is 8.36. The Morgan fingerprint density at radius 2 is 1.94 bits per heavy atom. The maximum Gasteiger partial charge on any atom is 0.146 e. The number of nitrogens with zero attached hydrogens (tertiary/aromatic N) is 3. The van der Waals surface area contributed by atoms with Crippen molar-refractivity contribution in [3.05, 3.63) is 12.2 Å². The van der Waals surface area contributed by atoms with Gasteiger partial charge in [0.2, 0.25) is 0 Å². The van der Waals surface area contributed by atoms with E-state index in [1.54, 1.807) is 6.33 Å². The van der Waals surface area contributed by atoms with Crippen LogP contribution < -0.4 is 5.32 Å². The van der Waals surface area contributed by atoms with Crippen molar-refractivity contribution in [2.45, 2.75) is 51.5 Å². The van der Waals surface area contributed by atoms with Crippen LogP contribution in [0.3, 0.4) is 0 Å². The van der Waals surface area contributed by atoms with E-state index in [1.807, 2.05) is 11.6 Å². The molecular weight excluding hydrogens is 212 g/mol. The van der Waals surface area contributed by atoms with Crippen LogP contribution in [0.25, 0.3) is 0 Å². The third-order valence-electron chi connectivity index (χ3n) is 3.75. The zero-order chi connectivity index (χ0) is 11.9. The van der Waals surface area contributed by atoms with E-state index >= 15 is 0 Å². The summed E-state index contributed by atoms with van der Waals surface area (Å²) >= 11 is 0. The summed E-state index contributed by atoms with van der Waals surface area (Å²) in [6.45, 7) is 1.97. The maximum absolute atomic E-state index is 4.08. The van der Waals surface area contributed by atoms with Gasteiger partial charge in [-0.2, -0.15) is 0 Å². The van der Waals surface area contributed by atoms with Crippen molar-refractivity contribution >= 4 is 0 Å². The molecule has 96 valence electrons. The van der Waals surface area contributed by atoms with Crippen LogP contribution in [0.5, 0.6) is 0 Å². The predicted molar refractivity (Wildman–Crippen MR) is 68.5 cm³/mol. The quantitative estimate of drug-likeness (QED) is 0.872. The Hall–Kier alpha value is -0.900. The van der Waals surface area contributed by atoms with Crippen molar-refractivity contribution in [3.8, 4) is 0 Å². The molecule has 4 heteroatoms. The van der Waals surface area contributed by atoms with Crippen LogP contribution in [-0.2, 0) is 13.6 Å². The van der Waals surface area contributed by atoms with Crippen LogP contribution in [0, 0.1) is 5.92 Å². The van der Waals surface area contributed by atoms with Crippen LogP contribution >= 0.6 is 0 Å². The van der Waals surface area contributed by atoms with Gasteiger partial charge in [-0.15, -0.1) is 10.2 Å². The van der Waals surface area contributed by atoms with E-state index < -0.39 is 0 Å². The molecule has 1 aromatic rings. The summed E-state index contributed by atoms with van der Waals surface area (Å²) in [6.07, 6.45) is 11.7. The summed E-state index contributed by atoms with van der Waals surface area (Å²) in [7, 11) is 1.99. The molecule has 4 nitrogen and oxygen atoms in total. The van der Waals surface area contributed by atoms with Crippen LogP contribution in [0.15, 0.2) is 6.33 Å². The molecule has 1 aliphatic carbocycles. The largest absolute Gasteiger partial charge is 0.320 e. The van der Waals surface area contributed by atoms with Gasteiger partial charge < -0.3 is 9.88 Å². The van der Waals surface area contributed by atoms with E-state index in [9.17, 15) is 0 Å². The Bertz CT molecular complexity index is 313. The molecule has 0 aliphatic heterocycles. The average Bonchev–Trinajstić information content (AvgIpc) is 2.67. The van der Waals surface area contributed by atoms with Crippen molar-refractivity contribution in [1.29, 1.82) is 0 Å². The van der Waals surface area contributed by atoms with E-state index in [0.29, 0.717) is 0 Å². The van der Waals surface area contributed by atoms with E-state index in [1.165, 1.54) is 44.9 Å². The highest BCUT2D eigenvalue weighted by Crippen LogP contribution is 2.21. The molecule has 0 atom stereocenters. The number of rotatable bonds is 4.